The molecule has 0 atom stereocenters. The molecule has 3 fully saturated rings. The first-order valence-corrected chi connectivity index (χ1v) is 13.2. The van der Waals surface area contributed by atoms with Crippen LogP contribution in [0.4, 0.5) is 0 Å². The molecule has 5 rings (SSSR count). The summed E-state index contributed by atoms with van der Waals surface area (Å²) in [6, 6.07) is 22.2. The van der Waals surface area contributed by atoms with E-state index in [1.54, 1.807) is 0 Å². The number of hydrogen-bond donors (Lipinski definition) is 1. The number of likely N-dealkylation sites (tertiary alicyclic amines) is 3. The van der Waals surface area contributed by atoms with Gasteiger partial charge in [0.05, 0.1) is 0 Å². The second-order valence-corrected chi connectivity index (χ2v) is 10.1. The van der Waals surface area contributed by atoms with Crippen molar-refractivity contribution in [2.75, 3.05) is 32.7 Å². The Balaban J connectivity index is 0.000000172. The Labute approximate surface area is 205 Å². The molecule has 3 aliphatic heterocycles. The monoisotopic (exact) mass is 462 g/mol. The fourth-order valence-corrected chi connectivity index (χ4v) is 5.40. The second kappa shape index (κ2) is 13.0. The summed E-state index contributed by atoms with van der Waals surface area (Å²) in [6.45, 7) is 7.63. The number of piperidine rings is 3. The van der Waals surface area contributed by atoms with E-state index in [4.69, 9.17) is 5.73 Å². The lowest BCUT2D eigenvalue weighted by Gasteiger charge is -2.40. The van der Waals surface area contributed by atoms with Crippen molar-refractivity contribution in [1.29, 1.82) is 0 Å². The molecular formula is C29H42N4O. The van der Waals surface area contributed by atoms with Crippen molar-refractivity contribution < 1.29 is 4.79 Å². The van der Waals surface area contributed by atoms with Crippen molar-refractivity contribution in [3.63, 3.8) is 0 Å². The maximum atomic E-state index is 12.0. The topological polar surface area (TPSA) is 52.8 Å². The fraction of sp³-hybridized carbons (Fsp3) is 0.552. The van der Waals surface area contributed by atoms with Crippen molar-refractivity contribution in [3.05, 3.63) is 71.8 Å². The number of nitrogens with two attached hydrogens (primary N) is 1. The van der Waals surface area contributed by atoms with Crippen LogP contribution in [-0.4, -0.2) is 65.4 Å². The molecule has 2 N–H and O–H groups in total. The van der Waals surface area contributed by atoms with E-state index in [1.807, 2.05) is 0 Å². The maximum absolute atomic E-state index is 12.0. The number of amides is 1. The zero-order chi connectivity index (χ0) is 23.6. The van der Waals surface area contributed by atoms with Gasteiger partial charge in [-0.05, 0) is 62.7 Å². The summed E-state index contributed by atoms with van der Waals surface area (Å²) in [4.78, 5) is 19.1. The van der Waals surface area contributed by atoms with Crippen LogP contribution in [0.25, 0.3) is 0 Å². The highest BCUT2D eigenvalue weighted by atomic mass is 16.2. The molecule has 3 aliphatic rings. The van der Waals surface area contributed by atoms with Crippen LogP contribution in [0.5, 0.6) is 0 Å². The first kappa shape index (κ1) is 24.9. The lowest BCUT2D eigenvalue weighted by Crippen LogP contribution is -2.48. The van der Waals surface area contributed by atoms with E-state index in [9.17, 15) is 4.79 Å². The summed E-state index contributed by atoms with van der Waals surface area (Å²) in [6.07, 6.45) is 7.61. The lowest BCUT2D eigenvalue weighted by atomic mass is 9.99. The summed E-state index contributed by atoms with van der Waals surface area (Å²) in [7, 11) is 0. The van der Waals surface area contributed by atoms with Crippen LogP contribution in [-0.2, 0) is 17.9 Å². The summed E-state index contributed by atoms with van der Waals surface area (Å²) >= 11 is 0. The predicted octanol–water partition coefficient (Wildman–Crippen LogP) is 4.27. The van der Waals surface area contributed by atoms with Crippen LogP contribution in [0, 0.1) is 0 Å². The molecule has 1 amide bonds. The third kappa shape index (κ3) is 7.66. The third-order valence-corrected chi connectivity index (χ3v) is 7.49. The number of rotatable bonds is 5. The van der Waals surface area contributed by atoms with Crippen LogP contribution >= 0.6 is 0 Å². The SMILES string of the molecule is NC1CCN(Cc2ccccc2)CC1.O=C1CCCCN1C1CCN(Cc2ccccc2)CC1. The molecule has 34 heavy (non-hydrogen) atoms. The van der Waals surface area contributed by atoms with Crippen LogP contribution in [0.3, 0.4) is 0 Å². The Morgan fingerprint density at radius 3 is 1.68 bits per heavy atom. The van der Waals surface area contributed by atoms with Gasteiger partial charge in [0.2, 0.25) is 5.91 Å². The van der Waals surface area contributed by atoms with Gasteiger partial charge in [-0.2, -0.15) is 0 Å². The Morgan fingerprint density at radius 1 is 0.676 bits per heavy atom. The Hall–Kier alpha value is -2.21. The minimum atomic E-state index is 0.387. The lowest BCUT2D eigenvalue weighted by molar-refractivity contribution is -0.136. The first-order chi connectivity index (χ1) is 16.7. The van der Waals surface area contributed by atoms with Crippen molar-refractivity contribution in [2.45, 2.75) is 70.1 Å². The van der Waals surface area contributed by atoms with Gasteiger partial charge in [0.25, 0.3) is 0 Å². The molecule has 0 aliphatic carbocycles. The molecule has 3 saturated heterocycles. The minimum Gasteiger partial charge on any atom is -0.340 e. The molecule has 0 radical (unpaired) electrons. The van der Waals surface area contributed by atoms with Crippen LogP contribution in [0.2, 0.25) is 0 Å². The molecule has 2 aromatic rings. The Bertz CT molecular complexity index is 843. The van der Waals surface area contributed by atoms with E-state index in [2.05, 4.69) is 75.4 Å². The Kier molecular flexibility index (Phi) is 9.54. The van der Waals surface area contributed by atoms with Gasteiger partial charge in [0, 0.05) is 51.2 Å². The Morgan fingerprint density at radius 2 is 1.18 bits per heavy atom. The zero-order valence-electron chi connectivity index (χ0n) is 20.7. The van der Waals surface area contributed by atoms with Gasteiger partial charge in [0.15, 0.2) is 0 Å². The largest absolute Gasteiger partial charge is 0.340 e. The number of hydrogen-bond acceptors (Lipinski definition) is 4. The standard InChI is InChI=1S/C17H24N2O.C12H18N2/c20-17-8-4-5-11-19(17)16-9-12-18(13-10-16)14-15-6-2-1-3-7-15;13-12-6-8-14(9-7-12)10-11-4-2-1-3-5-11/h1-3,6-7,16H,4-5,8-14H2;1-5,12H,6-10,13H2. The smallest absolute Gasteiger partial charge is 0.222 e. The summed E-state index contributed by atoms with van der Waals surface area (Å²) in [5, 5.41) is 0. The number of carbonyl (C=O) groups is 1. The molecule has 3 heterocycles. The van der Waals surface area contributed by atoms with Crippen LogP contribution in [0.1, 0.15) is 56.1 Å². The molecule has 0 unspecified atom stereocenters. The highest BCUT2D eigenvalue weighted by Crippen LogP contribution is 2.22. The van der Waals surface area contributed by atoms with Gasteiger partial charge in [-0.25, -0.2) is 0 Å². The zero-order valence-corrected chi connectivity index (χ0v) is 20.7. The molecule has 184 valence electrons. The first-order valence-electron chi connectivity index (χ1n) is 13.2. The van der Waals surface area contributed by atoms with E-state index in [1.165, 1.54) is 17.5 Å². The number of carbonyl (C=O) groups excluding carboxylic acids is 1. The fourth-order valence-electron chi connectivity index (χ4n) is 5.40. The highest BCUT2D eigenvalue weighted by Gasteiger charge is 2.29. The highest BCUT2D eigenvalue weighted by molar-refractivity contribution is 5.77. The normalized spacial score (nSPS) is 21.2. The van der Waals surface area contributed by atoms with Crippen molar-refractivity contribution >= 4 is 5.91 Å². The molecular weight excluding hydrogens is 420 g/mol. The average Bonchev–Trinajstić information content (AvgIpc) is 2.88. The number of nitrogens with zero attached hydrogens (tertiary/aromatic N) is 3. The summed E-state index contributed by atoms with van der Waals surface area (Å²) < 4.78 is 0. The van der Waals surface area contributed by atoms with Crippen molar-refractivity contribution in [3.8, 4) is 0 Å². The second-order valence-electron chi connectivity index (χ2n) is 10.1. The van der Waals surface area contributed by atoms with E-state index in [-0.39, 0.29) is 0 Å². The predicted molar refractivity (Wildman–Crippen MR) is 139 cm³/mol. The van der Waals surface area contributed by atoms with E-state index in [0.29, 0.717) is 18.0 Å². The molecule has 2 aromatic carbocycles. The van der Waals surface area contributed by atoms with Gasteiger partial charge < -0.3 is 10.6 Å². The molecule has 5 nitrogen and oxygen atoms in total. The van der Waals surface area contributed by atoms with Crippen molar-refractivity contribution in [2.24, 2.45) is 5.73 Å². The maximum Gasteiger partial charge on any atom is 0.222 e. The van der Waals surface area contributed by atoms with Gasteiger partial charge in [-0.15, -0.1) is 0 Å². The quantitative estimate of drug-likeness (QED) is 0.721. The summed E-state index contributed by atoms with van der Waals surface area (Å²) in [5.41, 5.74) is 8.66. The number of benzene rings is 2. The van der Waals surface area contributed by atoms with Gasteiger partial charge >= 0.3 is 0 Å². The summed E-state index contributed by atoms with van der Waals surface area (Å²) in [5.74, 6) is 0.387. The molecule has 0 saturated carbocycles. The molecule has 5 heteroatoms. The van der Waals surface area contributed by atoms with Crippen LogP contribution in [0.15, 0.2) is 60.7 Å². The third-order valence-electron chi connectivity index (χ3n) is 7.49. The molecule has 0 aromatic heterocycles. The average molecular weight is 463 g/mol. The molecule has 0 spiro atoms. The van der Waals surface area contributed by atoms with E-state index >= 15 is 0 Å². The van der Waals surface area contributed by atoms with E-state index in [0.717, 1.165) is 84.3 Å². The van der Waals surface area contributed by atoms with Gasteiger partial charge in [-0.3, -0.25) is 14.6 Å². The van der Waals surface area contributed by atoms with Crippen molar-refractivity contribution in [1.82, 2.24) is 14.7 Å². The molecule has 0 bridgehead atoms. The van der Waals surface area contributed by atoms with Crippen LogP contribution < -0.4 is 5.73 Å². The van der Waals surface area contributed by atoms with Gasteiger partial charge in [-0.1, -0.05) is 60.7 Å². The van der Waals surface area contributed by atoms with E-state index < -0.39 is 0 Å². The minimum absolute atomic E-state index is 0.387. The van der Waals surface area contributed by atoms with Gasteiger partial charge in [0.1, 0.15) is 0 Å².